The summed E-state index contributed by atoms with van der Waals surface area (Å²) in [6.07, 6.45) is 5.88. The summed E-state index contributed by atoms with van der Waals surface area (Å²) in [7, 11) is 1.70. The summed E-state index contributed by atoms with van der Waals surface area (Å²) in [6.45, 7) is 6.45. The summed E-state index contributed by atoms with van der Waals surface area (Å²) < 4.78 is 0. The molecule has 1 amide bonds. The molecule has 1 aliphatic heterocycles. The molecule has 2 aromatic heterocycles. The molecule has 1 atom stereocenters. The van der Waals surface area contributed by atoms with E-state index in [0.717, 1.165) is 46.4 Å². The number of carbonyl (C=O) groups is 1. The number of benzene rings is 2. The number of anilines is 1. The average Bonchev–Trinajstić information content (AvgIpc) is 3.53. The number of hydrogen-bond donors (Lipinski definition) is 2. The lowest BCUT2D eigenvalue weighted by Crippen LogP contribution is -2.32. The minimum Gasteiger partial charge on any atom is -0.392 e. The number of hydrogen-bond acceptors (Lipinski definition) is 4. The summed E-state index contributed by atoms with van der Waals surface area (Å²) in [5.74, 6) is -0.104. The van der Waals surface area contributed by atoms with Crippen LogP contribution in [0.3, 0.4) is 0 Å². The van der Waals surface area contributed by atoms with E-state index < -0.39 is 6.10 Å². The molecule has 1 aliphatic rings. The van der Waals surface area contributed by atoms with Crippen LogP contribution < -0.4 is 4.90 Å². The molecule has 6 heteroatoms. The molecule has 0 saturated carbocycles. The highest BCUT2D eigenvalue weighted by atomic mass is 16.3. The molecule has 6 nitrogen and oxygen atoms in total. The number of carbonyl (C=O) groups excluding carboxylic acids is 1. The number of amides is 1. The van der Waals surface area contributed by atoms with Crippen LogP contribution in [0.4, 0.5) is 5.69 Å². The third kappa shape index (κ3) is 4.66. The monoisotopic (exact) mass is 468 g/mol. The first-order valence-electron chi connectivity index (χ1n) is 12.3. The van der Waals surface area contributed by atoms with Crippen molar-refractivity contribution in [3.8, 4) is 22.3 Å². The van der Waals surface area contributed by atoms with Crippen molar-refractivity contribution < 1.29 is 9.90 Å². The van der Waals surface area contributed by atoms with Gasteiger partial charge in [-0.3, -0.25) is 4.79 Å². The van der Waals surface area contributed by atoms with Crippen molar-refractivity contribution in [2.24, 2.45) is 0 Å². The molecule has 4 aromatic rings. The van der Waals surface area contributed by atoms with Gasteiger partial charge >= 0.3 is 0 Å². The Morgan fingerprint density at radius 1 is 1.09 bits per heavy atom. The summed E-state index contributed by atoms with van der Waals surface area (Å²) >= 11 is 0. The Balaban J connectivity index is 1.43. The van der Waals surface area contributed by atoms with E-state index in [0.29, 0.717) is 12.1 Å². The van der Waals surface area contributed by atoms with Crippen LogP contribution in [0.5, 0.6) is 0 Å². The van der Waals surface area contributed by atoms with Gasteiger partial charge in [0.25, 0.3) is 5.91 Å². The Morgan fingerprint density at radius 3 is 2.49 bits per heavy atom. The van der Waals surface area contributed by atoms with Gasteiger partial charge in [-0.1, -0.05) is 18.2 Å². The number of nitrogens with one attached hydrogen (secondary N) is 1. The second kappa shape index (κ2) is 9.55. The molecule has 3 heterocycles. The van der Waals surface area contributed by atoms with Crippen molar-refractivity contribution in [2.75, 3.05) is 31.6 Å². The molecule has 1 saturated heterocycles. The van der Waals surface area contributed by atoms with Gasteiger partial charge in [0.05, 0.1) is 6.10 Å². The normalized spacial score (nSPS) is 14.5. The van der Waals surface area contributed by atoms with Crippen molar-refractivity contribution in [1.82, 2.24) is 14.9 Å². The maximum absolute atomic E-state index is 12.6. The van der Waals surface area contributed by atoms with E-state index in [4.69, 9.17) is 0 Å². The van der Waals surface area contributed by atoms with Gasteiger partial charge in [0.15, 0.2) is 0 Å². The number of H-pyrrole nitrogens is 1. The Kier molecular flexibility index (Phi) is 6.31. The zero-order valence-electron chi connectivity index (χ0n) is 20.6. The first-order chi connectivity index (χ1) is 16.9. The van der Waals surface area contributed by atoms with E-state index in [1.165, 1.54) is 24.1 Å². The highest BCUT2D eigenvalue weighted by Crippen LogP contribution is 2.33. The van der Waals surface area contributed by atoms with Gasteiger partial charge in [0, 0.05) is 66.8 Å². The van der Waals surface area contributed by atoms with Crippen molar-refractivity contribution >= 4 is 22.6 Å². The molecule has 0 aliphatic carbocycles. The molecule has 0 radical (unpaired) electrons. The molecule has 1 fully saturated rings. The maximum atomic E-state index is 12.6. The summed E-state index contributed by atoms with van der Waals surface area (Å²) in [4.78, 5) is 24.6. The number of rotatable bonds is 6. The summed E-state index contributed by atoms with van der Waals surface area (Å²) in [5.41, 5.74) is 8.38. The van der Waals surface area contributed by atoms with E-state index in [9.17, 15) is 9.90 Å². The van der Waals surface area contributed by atoms with Crippen molar-refractivity contribution in [3.63, 3.8) is 0 Å². The molecule has 5 rings (SSSR count). The number of pyridine rings is 1. The molecular weight excluding hydrogens is 436 g/mol. The van der Waals surface area contributed by atoms with E-state index in [2.05, 4.69) is 46.1 Å². The van der Waals surface area contributed by atoms with Gasteiger partial charge in [-0.25, -0.2) is 4.98 Å². The lowest BCUT2D eigenvalue weighted by molar-refractivity contribution is 0.0703. The average molecular weight is 469 g/mol. The molecule has 2 aromatic carbocycles. The first-order valence-corrected chi connectivity index (χ1v) is 12.3. The van der Waals surface area contributed by atoms with Gasteiger partial charge in [-0.05, 0) is 73.7 Å². The predicted octanol–water partition coefficient (Wildman–Crippen LogP) is 5.26. The number of nitrogens with zero attached hydrogens (tertiary/aromatic N) is 3. The zero-order chi connectivity index (χ0) is 24.5. The highest BCUT2D eigenvalue weighted by molar-refractivity contribution is 5.98. The standard InChI is InChI=1S/C29H32N4O2/c1-19-14-23(10-11-27(19)33-12-4-5-13-33)24-15-25-26(17-31-28(25)30-16-24)21-6-8-22(9-7-21)29(35)32(3)18-20(2)34/h6-11,14-17,20,34H,4-5,12-13,18H2,1-3H3,(H,30,31). The lowest BCUT2D eigenvalue weighted by atomic mass is 9.99. The molecule has 180 valence electrons. The fourth-order valence-corrected chi connectivity index (χ4v) is 5.04. The fraction of sp³-hybridized carbons (Fsp3) is 0.310. The Hall–Kier alpha value is -3.64. The SMILES string of the molecule is Cc1cc(-c2cnc3[nH]cc(-c4ccc(C(=O)N(C)CC(C)O)cc4)c3c2)ccc1N1CCCC1. The van der Waals surface area contributed by atoms with Gasteiger partial charge in [0.1, 0.15) is 5.65 Å². The predicted molar refractivity (Wildman–Crippen MR) is 142 cm³/mol. The maximum Gasteiger partial charge on any atom is 0.253 e. The van der Waals surface area contributed by atoms with E-state index in [-0.39, 0.29) is 5.91 Å². The van der Waals surface area contributed by atoms with E-state index in [1.807, 2.05) is 36.7 Å². The largest absolute Gasteiger partial charge is 0.392 e. The molecule has 0 bridgehead atoms. The minimum absolute atomic E-state index is 0.104. The van der Waals surface area contributed by atoms with Gasteiger partial charge in [-0.2, -0.15) is 0 Å². The number of aryl methyl sites for hydroxylation is 1. The number of likely N-dealkylation sites (N-methyl/N-ethyl adjacent to an activating group) is 1. The fourth-order valence-electron chi connectivity index (χ4n) is 5.04. The third-order valence-corrected chi connectivity index (χ3v) is 6.84. The molecule has 2 N–H and O–H groups in total. The Morgan fingerprint density at radius 2 is 1.80 bits per heavy atom. The summed E-state index contributed by atoms with van der Waals surface area (Å²) in [5, 5.41) is 10.6. The zero-order valence-corrected chi connectivity index (χ0v) is 20.6. The molecular formula is C29H32N4O2. The second-order valence-electron chi connectivity index (χ2n) is 9.63. The highest BCUT2D eigenvalue weighted by Gasteiger charge is 2.16. The molecule has 35 heavy (non-hydrogen) atoms. The number of aromatic amines is 1. The van der Waals surface area contributed by atoms with Gasteiger partial charge < -0.3 is 19.9 Å². The molecule has 1 unspecified atom stereocenters. The number of fused-ring (bicyclic) bond motifs is 1. The van der Waals surface area contributed by atoms with E-state index in [1.54, 1.807) is 18.9 Å². The number of aliphatic hydroxyl groups excluding tert-OH is 1. The van der Waals surface area contributed by atoms with Crippen LogP contribution in [-0.2, 0) is 0 Å². The second-order valence-corrected chi connectivity index (χ2v) is 9.63. The minimum atomic E-state index is -0.559. The Labute approximate surface area is 206 Å². The van der Waals surface area contributed by atoms with Crippen LogP contribution >= 0.6 is 0 Å². The van der Waals surface area contributed by atoms with Crippen LogP contribution in [-0.4, -0.2) is 58.7 Å². The smallest absolute Gasteiger partial charge is 0.253 e. The van der Waals surface area contributed by atoms with Crippen LogP contribution in [0.15, 0.2) is 60.9 Å². The van der Waals surface area contributed by atoms with Crippen molar-refractivity contribution in [2.45, 2.75) is 32.8 Å². The van der Waals surface area contributed by atoms with E-state index >= 15 is 0 Å². The van der Waals surface area contributed by atoms with Crippen molar-refractivity contribution in [1.29, 1.82) is 0 Å². The van der Waals surface area contributed by atoms with Crippen LogP contribution in [0.2, 0.25) is 0 Å². The number of aromatic nitrogens is 2. The number of aliphatic hydroxyl groups is 1. The van der Waals surface area contributed by atoms with Crippen LogP contribution in [0.25, 0.3) is 33.3 Å². The Bertz CT molecular complexity index is 1350. The molecule has 0 spiro atoms. The van der Waals surface area contributed by atoms with Gasteiger partial charge in [-0.15, -0.1) is 0 Å². The lowest BCUT2D eigenvalue weighted by Gasteiger charge is -2.20. The quantitative estimate of drug-likeness (QED) is 0.405. The van der Waals surface area contributed by atoms with Crippen LogP contribution in [0.1, 0.15) is 35.7 Å². The van der Waals surface area contributed by atoms with Gasteiger partial charge in [0.2, 0.25) is 0 Å². The van der Waals surface area contributed by atoms with Crippen LogP contribution in [0, 0.1) is 6.92 Å². The summed E-state index contributed by atoms with van der Waals surface area (Å²) in [6, 6.07) is 16.5. The third-order valence-electron chi connectivity index (χ3n) is 6.84. The first kappa shape index (κ1) is 23.1. The van der Waals surface area contributed by atoms with Crippen molar-refractivity contribution in [3.05, 3.63) is 72.1 Å². The topological polar surface area (TPSA) is 72.5 Å².